The number of unbranched alkanes of at least 4 members (excludes halogenated alkanes) is 3. The summed E-state index contributed by atoms with van der Waals surface area (Å²) in [5.41, 5.74) is 0.353. The van der Waals surface area contributed by atoms with Crippen molar-refractivity contribution >= 4 is 11.9 Å². The first-order valence-corrected chi connectivity index (χ1v) is 10.3. The standard InChI is InChI=1S/C20H39N3O3/c1-4-21-19(23-17-20(12-10-13-20)14-16-25-3)22-15-9-7-6-8-11-18(24)26-5-2/h4-17H2,1-3H3,(H2,21,22,23). The minimum Gasteiger partial charge on any atom is -0.466 e. The van der Waals surface area contributed by atoms with Gasteiger partial charge < -0.3 is 20.1 Å². The molecule has 0 aromatic rings. The maximum absolute atomic E-state index is 11.3. The van der Waals surface area contributed by atoms with Crippen molar-refractivity contribution in [3.63, 3.8) is 0 Å². The molecule has 0 spiro atoms. The number of carbonyl (C=O) groups is 1. The molecule has 0 bridgehead atoms. The molecule has 1 fully saturated rings. The molecule has 26 heavy (non-hydrogen) atoms. The summed E-state index contributed by atoms with van der Waals surface area (Å²) in [6.45, 7) is 7.90. The molecular weight excluding hydrogens is 330 g/mol. The number of nitrogens with zero attached hydrogens (tertiary/aromatic N) is 1. The summed E-state index contributed by atoms with van der Waals surface area (Å²) in [5.74, 6) is 0.841. The Hall–Kier alpha value is -1.30. The quantitative estimate of drug-likeness (QED) is 0.213. The van der Waals surface area contributed by atoms with E-state index in [0.29, 0.717) is 18.4 Å². The summed E-state index contributed by atoms with van der Waals surface area (Å²) < 4.78 is 10.2. The van der Waals surface area contributed by atoms with Gasteiger partial charge in [0.2, 0.25) is 0 Å². The molecule has 0 aromatic carbocycles. The molecule has 1 saturated carbocycles. The van der Waals surface area contributed by atoms with E-state index in [1.165, 1.54) is 19.3 Å². The number of esters is 1. The van der Waals surface area contributed by atoms with Gasteiger partial charge in [0.1, 0.15) is 0 Å². The number of methoxy groups -OCH3 is 1. The minimum absolute atomic E-state index is 0.0782. The van der Waals surface area contributed by atoms with Crippen LogP contribution in [-0.4, -0.2) is 51.9 Å². The largest absolute Gasteiger partial charge is 0.466 e. The fourth-order valence-electron chi connectivity index (χ4n) is 3.26. The molecule has 0 atom stereocenters. The van der Waals surface area contributed by atoms with Crippen molar-refractivity contribution in [1.82, 2.24) is 10.6 Å². The molecular formula is C20H39N3O3. The van der Waals surface area contributed by atoms with E-state index in [1.54, 1.807) is 7.11 Å². The molecule has 6 nitrogen and oxygen atoms in total. The van der Waals surface area contributed by atoms with Gasteiger partial charge in [-0.1, -0.05) is 19.3 Å². The summed E-state index contributed by atoms with van der Waals surface area (Å²) >= 11 is 0. The average molecular weight is 370 g/mol. The predicted octanol–water partition coefficient (Wildman–Crippen LogP) is 3.26. The number of hydrogen-bond donors (Lipinski definition) is 2. The highest BCUT2D eigenvalue weighted by Crippen LogP contribution is 2.44. The van der Waals surface area contributed by atoms with Crippen molar-refractivity contribution in [2.24, 2.45) is 10.4 Å². The van der Waals surface area contributed by atoms with Gasteiger partial charge in [0.15, 0.2) is 5.96 Å². The van der Waals surface area contributed by atoms with E-state index < -0.39 is 0 Å². The highest BCUT2D eigenvalue weighted by atomic mass is 16.5. The Balaban J connectivity index is 2.20. The van der Waals surface area contributed by atoms with Crippen molar-refractivity contribution in [1.29, 1.82) is 0 Å². The third kappa shape index (κ3) is 9.41. The smallest absolute Gasteiger partial charge is 0.305 e. The van der Waals surface area contributed by atoms with E-state index in [9.17, 15) is 4.79 Å². The van der Waals surface area contributed by atoms with Crippen molar-refractivity contribution in [3.05, 3.63) is 0 Å². The van der Waals surface area contributed by atoms with Crippen LogP contribution in [0, 0.1) is 5.41 Å². The number of nitrogens with one attached hydrogen (secondary N) is 2. The fraction of sp³-hybridized carbons (Fsp3) is 0.900. The molecule has 0 aliphatic heterocycles. The lowest BCUT2D eigenvalue weighted by atomic mass is 9.67. The third-order valence-electron chi connectivity index (χ3n) is 5.07. The summed E-state index contributed by atoms with van der Waals surface area (Å²) in [6, 6.07) is 0. The number of rotatable bonds is 14. The van der Waals surface area contributed by atoms with Crippen LogP contribution in [0.15, 0.2) is 4.99 Å². The van der Waals surface area contributed by atoms with Crippen LogP contribution in [-0.2, 0) is 14.3 Å². The van der Waals surface area contributed by atoms with Crippen LogP contribution in [0.3, 0.4) is 0 Å². The Kier molecular flexibility index (Phi) is 12.1. The average Bonchev–Trinajstić information content (AvgIpc) is 2.59. The van der Waals surface area contributed by atoms with Crippen LogP contribution in [0.4, 0.5) is 0 Å². The van der Waals surface area contributed by atoms with Crippen LogP contribution in [0.5, 0.6) is 0 Å². The molecule has 1 aliphatic rings. The van der Waals surface area contributed by atoms with Crippen molar-refractivity contribution in [2.45, 2.75) is 71.6 Å². The second kappa shape index (κ2) is 13.8. The highest BCUT2D eigenvalue weighted by Gasteiger charge is 2.36. The van der Waals surface area contributed by atoms with E-state index in [1.807, 2.05) is 6.92 Å². The van der Waals surface area contributed by atoms with Gasteiger partial charge in [-0.25, -0.2) is 0 Å². The van der Waals surface area contributed by atoms with Crippen LogP contribution >= 0.6 is 0 Å². The molecule has 0 amide bonds. The second-order valence-electron chi connectivity index (χ2n) is 7.19. The summed E-state index contributed by atoms with van der Waals surface area (Å²) in [4.78, 5) is 16.1. The topological polar surface area (TPSA) is 72.0 Å². The SMILES string of the molecule is CCNC(=NCC1(CCOC)CCC1)NCCCCCCC(=O)OCC. The van der Waals surface area contributed by atoms with Gasteiger partial charge in [-0.15, -0.1) is 0 Å². The van der Waals surface area contributed by atoms with E-state index in [4.69, 9.17) is 14.5 Å². The molecule has 1 aliphatic carbocycles. The molecule has 0 aromatic heterocycles. The Labute approximate surface area is 159 Å². The highest BCUT2D eigenvalue weighted by molar-refractivity contribution is 5.79. The van der Waals surface area contributed by atoms with Gasteiger partial charge in [0, 0.05) is 39.8 Å². The maximum atomic E-state index is 11.3. The zero-order valence-corrected chi connectivity index (χ0v) is 17.1. The first-order valence-electron chi connectivity index (χ1n) is 10.3. The van der Waals surface area contributed by atoms with Gasteiger partial charge in [0.25, 0.3) is 0 Å². The van der Waals surface area contributed by atoms with Crippen molar-refractivity contribution in [3.8, 4) is 0 Å². The summed E-state index contributed by atoms with van der Waals surface area (Å²) in [6.07, 6.45) is 9.66. The molecule has 6 heteroatoms. The minimum atomic E-state index is -0.0782. The molecule has 0 unspecified atom stereocenters. The van der Waals surface area contributed by atoms with Crippen LogP contribution < -0.4 is 10.6 Å². The third-order valence-corrected chi connectivity index (χ3v) is 5.07. The normalized spacial score (nSPS) is 16.0. The maximum Gasteiger partial charge on any atom is 0.305 e. The molecule has 0 heterocycles. The number of aliphatic imine (C=N–C) groups is 1. The number of ether oxygens (including phenoxy) is 2. The number of guanidine groups is 1. The summed E-state index contributed by atoms with van der Waals surface area (Å²) in [5, 5.41) is 6.77. The van der Waals surface area contributed by atoms with Crippen LogP contribution in [0.25, 0.3) is 0 Å². The van der Waals surface area contributed by atoms with Crippen LogP contribution in [0.1, 0.15) is 71.6 Å². The number of carbonyl (C=O) groups excluding carboxylic acids is 1. The monoisotopic (exact) mass is 369 g/mol. The fourth-order valence-corrected chi connectivity index (χ4v) is 3.26. The zero-order valence-electron chi connectivity index (χ0n) is 17.1. The van der Waals surface area contributed by atoms with Gasteiger partial charge in [-0.05, 0) is 51.4 Å². The Bertz CT molecular complexity index is 409. The molecule has 1 rings (SSSR count). The van der Waals surface area contributed by atoms with E-state index in [-0.39, 0.29) is 5.97 Å². The zero-order chi connectivity index (χ0) is 19.1. The number of hydrogen-bond acceptors (Lipinski definition) is 4. The first-order chi connectivity index (χ1) is 12.7. The first kappa shape index (κ1) is 22.7. The van der Waals surface area contributed by atoms with E-state index in [2.05, 4.69) is 17.6 Å². The van der Waals surface area contributed by atoms with Gasteiger partial charge >= 0.3 is 5.97 Å². The predicted molar refractivity (Wildman–Crippen MR) is 106 cm³/mol. The van der Waals surface area contributed by atoms with Gasteiger partial charge in [-0.3, -0.25) is 9.79 Å². The molecule has 2 N–H and O–H groups in total. The van der Waals surface area contributed by atoms with Gasteiger partial charge in [0.05, 0.1) is 6.61 Å². The Morgan fingerprint density at radius 2 is 1.88 bits per heavy atom. The van der Waals surface area contributed by atoms with E-state index >= 15 is 0 Å². The van der Waals surface area contributed by atoms with Crippen LogP contribution in [0.2, 0.25) is 0 Å². The second-order valence-corrected chi connectivity index (χ2v) is 7.19. The van der Waals surface area contributed by atoms with Crippen molar-refractivity contribution < 1.29 is 14.3 Å². The summed E-state index contributed by atoms with van der Waals surface area (Å²) in [7, 11) is 1.77. The lowest BCUT2D eigenvalue weighted by Gasteiger charge is -2.40. The molecule has 152 valence electrons. The molecule has 0 saturated heterocycles. The Morgan fingerprint density at radius 1 is 1.12 bits per heavy atom. The lowest BCUT2D eigenvalue weighted by Crippen LogP contribution is -2.40. The Morgan fingerprint density at radius 3 is 2.50 bits per heavy atom. The van der Waals surface area contributed by atoms with Crippen molar-refractivity contribution in [2.75, 3.05) is 40.0 Å². The molecule has 0 radical (unpaired) electrons. The van der Waals surface area contributed by atoms with E-state index in [0.717, 1.165) is 64.3 Å². The van der Waals surface area contributed by atoms with Gasteiger partial charge in [-0.2, -0.15) is 0 Å². The lowest BCUT2D eigenvalue weighted by molar-refractivity contribution is -0.143.